The second-order valence-electron chi connectivity index (χ2n) is 13.3. The van der Waals surface area contributed by atoms with E-state index in [1.165, 1.54) is 30.9 Å². The van der Waals surface area contributed by atoms with E-state index in [4.69, 9.17) is 17.2 Å². The summed E-state index contributed by atoms with van der Waals surface area (Å²) in [7, 11) is 0. The summed E-state index contributed by atoms with van der Waals surface area (Å²) in [6.07, 6.45) is 7.09. The molecule has 0 radical (unpaired) electrons. The Bertz CT molecular complexity index is 1380. The SMILES string of the molecule is CC(=O)N[C@@H](C)C(=O)N[C@H](CC1CCCCC1)C(=O)N1CC[C@H]1C(=O)N[C@H](Cc1ccc(O)cc1)C(=O)N[C@@H](CCCCN=C(N)N)C(N)=O. The standard InChI is InChI=1S/C34H53N9O7/c1-20(39-21(2)44)30(47)42-27(19-22-8-4-3-5-9-22)33(50)43-17-15-28(43)32(49)41-26(18-23-11-13-24(45)14-12-23)31(48)40-25(29(35)46)10-6-7-16-38-34(36)37/h11-14,20,22,25-28,45H,3-10,15-19H2,1-2H3,(H2,35,46)(H,39,44)(H,40,48)(H,41,49)(H,42,47)(H4,36,37,38)/t20-,25-,26+,27+,28-/m0/s1. The summed E-state index contributed by atoms with van der Waals surface area (Å²) in [6.45, 7) is 3.47. The van der Waals surface area contributed by atoms with E-state index in [9.17, 15) is 33.9 Å². The number of hydrogen-bond donors (Lipinski definition) is 8. The molecule has 1 aromatic carbocycles. The van der Waals surface area contributed by atoms with Gasteiger partial charge in [-0.1, -0.05) is 44.2 Å². The molecular formula is C34H53N9O7. The third-order valence-corrected chi connectivity index (χ3v) is 9.19. The molecule has 0 unspecified atom stereocenters. The van der Waals surface area contributed by atoms with Gasteiger partial charge in [-0.15, -0.1) is 0 Å². The van der Waals surface area contributed by atoms with Crippen molar-refractivity contribution in [2.45, 2.75) is 115 Å². The molecular weight excluding hydrogens is 646 g/mol. The van der Waals surface area contributed by atoms with Gasteiger partial charge < -0.3 is 48.5 Å². The Kier molecular flexibility index (Phi) is 15.3. The molecule has 3 rings (SSSR count). The number of carbonyl (C=O) groups excluding carboxylic acids is 6. The second kappa shape index (κ2) is 19.3. The highest BCUT2D eigenvalue weighted by Gasteiger charge is 2.42. The number of hydrogen-bond acceptors (Lipinski definition) is 8. The molecule has 1 saturated carbocycles. The van der Waals surface area contributed by atoms with Crippen LogP contribution in [0.15, 0.2) is 29.3 Å². The van der Waals surface area contributed by atoms with E-state index in [0.29, 0.717) is 37.8 Å². The summed E-state index contributed by atoms with van der Waals surface area (Å²) in [6, 6.07) is 1.31. The normalized spacial score (nSPS) is 18.3. The number of rotatable bonds is 18. The van der Waals surface area contributed by atoms with Crippen LogP contribution in [0.2, 0.25) is 0 Å². The van der Waals surface area contributed by atoms with Gasteiger partial charge in [0.25, 0.3) is 0 Å². The Morgan fingerprint density at radius 2 is 1.52 bits per heavy atom. The highest BCUT2D eigenvalue weighted by molar-refractivity contribution is 5.97. The molecule has 11 N–H and O–H groups in total. The molecule has 1 aliphatic carbocycles. The number of primary amides is 1. The average Bonchev–Trinajstić information content (AvgIpc) is 3.03. The number of carbonyl (C=O) groups is 6. The van der Waals surface area contributed by atoms with Gasteiger partial charge in [0.1, 0.15) is 36.0 Å². The van der Waals surface area contributed by atoms with E-state index < -0.39 is 59.7 Å². The highest BCUT2D eigenvalue weighted by atomic mass is 16.3. The second-order valence-corrected chi connectivity index (χ2v) is 13.3. The van der Waals surface area contributed by atoms with Gasteiger partial charge in [0.2, 0.25) is 35.4 Å². The predicted octanol–water partition coefficient (Wildman–Crippen LogP) is -0.586. The van der Waals surface area contributed by atoms with Crippen LogP contribution in [0.1, 0.15) is 83.6 Å². The third-order valence-electron chi connectivity index (χ3n) is 9.19. The highest BCUT2D eigenvalue weighted by Crippen LogP contribution is 2.29. The maximum absolute atomic E-state index is 13.9. The van der Waals surface area contributed by atoms with Crippen molar-refractivity contribution in [3.05, 3.63) is 29.8 Å². The number of benzene rings is 1. The number of guanidine groups is 1. The van der Waals surface area contributed by atoms with Crippen LogP contribution >= 0.6 is 0 Å². The predicted molar refractivity (Wildman–Crippen MR) is 186 cm³/mol. The van der Waals surface area contributed by atoms with Crippen molar-refractivity contribution in [1.29, 1.82) is 0 Å². The number of aromatic hydroxyl groups is 1. The van der Waals surface area contributed by atoms with Crippen molar-refractivity contribution in [2.75, 3.05) is 13.1 Å². The number of unbranched alkanes of at least 4 members (excludes halogenated alkanes) is 1. The van der Waals surface area contributed by atoms with E-state index in [1.54, 1.807) is 12.1 Å². The third kappa shape index (κ3) is 12.5. The summed E-state index contributed by atoms with van der Waals surface area (Å²) < 4.78 is 0. The molecule has 50 heavy (non-hydrogen) atoms. The lowest BCUT2D eigenvalue weighted by Crippen LogP contribution is -2.65. The number of likely N-dealkylation sites (tertiary alicyclic amines) is 1. The lowest BCUT2D eigenvalue weighted by molar-refractivity contribution is -0.151. The molecule has 2 fully saturated rings. The summed E-state index contributed by atoms with van der Waals surface area (Å²) in [4.78, 5) is 83.2. The molecule has 0 spiro atoms. The number of phenols is 1. The van der Waals surface area contributed by atoms with Gasteiger partial charge >= 0.3 is 0 Å². The molecule has 6 amide bonds. The van der Waals surface area contributed by atoms with Crippen LogP contribution in [0.25, 0.3) is 0 Å². The van der Waals surface area contributed by atoms with Crippen molar-refractivity contribution < 1.29 is 33.9 Å². The first-order valence-electron chi connectivity index (χ1n) is 17.4. The van der Waals surface area contributed by atoms with Gasteiger partial charge in [0, 0.05) is 26.4 Å². The fraction of sp³-hybridized carbons (Fsp3) is 0.618. The molecule has 1 heterocycles. The van der Waals surface area contributed by atoms with Crippen molar-refractivity contribution in [2.24, 2.45) is 28.1 Å². The Balaban J connectivity index is 1.74. The van der Waals surface area contributed by atoms with Crippen LogP contribution in [-0.2, 0) is 35.2 Å². The first-order valence-corrected chi connectivity index (χ1v) is 17.4. The minimum absolute atomic E-state index is 0.0237. The molecule has 0 bridgehead atoms. The van der Waals surface area contributed by atoms with Gasteiger partial charge in [0.15, 0.2) is 5.96 Å². The van der Waals surface area contributed by atoms with Gasteiger partial charge in [-0.05, 0) is 62.6 Å². The zero-order valence-corrected chi connectivity index (χ0v) is 29.0. The van der Waals surface area contributed by atoms with Crippen LogP contribution in [-0.4, -0.2) is 94.7 Å². The monoisotopic (exact) mass is 699 g/mol. The number of aliphatic imine (C=N–C) groups is 1. The molecule has 1 saturated heterocycles. The topological polar surface area (TPSA) is 264 Å². The first kappa shape index (κ1) is 39.5. The summed E-state index contributed by atoms with van der Waals surface area (Å²) in [5.74, 6) is -3.03. The van der Waals surface area contributed by atoms with E-state index in [2.05, 4.69) is 26.3 Å². The van der Waals surface area contributed by atoms with Crippen LogP contribution < -0.4 is 38.5 Å². The zero-order valence-electron chi connectivity index (χ0n) is 29.0. The molecule has 1 aliphatic heterocycles. The summed E-state index contributed by atoms with van der Waals surface area (Å²) >= 11 is 0. The number of nitrogens with zero attached hydrogens (tertiary/aromatic N) is 2. The molecule has 2 aliphatic rings. The van der Waals surface area contributed by atoms with Crippen molar-refractivity contribution >= 4 is 41.4 Å². The molecule has 1 aromatic rings. The number of phenolic OH excluding ortho intramolecular Hbond substituents is 1. The fourth-order valence-electron chi connectivity index (χ4n) is 6.34. The number of nitrogens with one attached hydrogen (secondary N) is 4. The maximum Gasteiger partial charge on any atom is 0.245 e. The molecule has 16 nitrogen and oxygen atoms in total. The minimum atomic E-state index is -1.15. The number of amides is 6. The molecule has 16 heteroatoms. The van der Waals surface area contributed by atoms with Crippen LogP contribution in [0.4, 0.5) is 0 Å². The Morgan fingerprint density at radius 1 is 0.860 bits per heavy atom. The van der Waals surface area contributed by atoms with Gasteiger partial charge in [-0.2, -0.15) is 0 Å². The zero-order chi connectivity index (χ0) is 36.8. The minimum Gasteiger partial charge on any atom is -0.508 e. The Hall–Kier alpha value is -4.89. The molecule has 0 aromatic heterocycles. The number of nitrogens with two attached hydrogens (primary N) is 3. The average molecular weight is 700 g/mol. The maximum atomic E-state index is 13.9. The van der Waals surface area contributed by atoms with Gasteiger partial charge in [-0.25, -0.2) is 0 Å². The van der Waals surface area contributed by atoms with Gasteiger partial charge in [-0.3, -0.25) is 33.8 Å². The summed E-state index contributed by atoms with van der Waals surface area (Å²) in [5.41, 5.74) is 16.9. The van der Waals surface area contributed by atoms with E-state index in [0.717, 1.165) is 32.1 Å². The molecule has 276 valence electrons. The van der Waals surface area contributed by atoms with Crippen molar-refractivity contribution in [3.63, 3.8) is 0 Å². The van der Waals surface area contributed by atoms with E-state index in [1.807, 2.05) is 0 Å². The Labute approximate surface area is 292 Å². The lowest BCUT2D eigenvalue weighted by atomic mass is 9.84. The van der Waals surface area contributed by atoms with Crippen LogP contribution in [0, 0.1) is 5.92 Å². The fourth-order valence-corrected chi connectivity index (χ4v) is 6.34. The quantitative estimate of drug-likeness (QED) is 0.0552. The summed E-state index contributed by atoms with van der Waals surface area (Å²) in [5, 5.41) is 20.5. The first-order chi connectivity index (χ1) is 23.7. The Morgan fingerprint density at radius 3 is 2.10 bits per heavy atom. The van der Waals surface area contributed by atoms with Gasteiger partial charge in [0.05, 0.1) is 0 Å². The smallest absolute Gasteiger partial charge is 0.245 e. The van der Waals surface area contributed by atoms with Crippen molar-refractivity contribution in [3.8, 4) is 5.75 Å². The molecule has 5 atom stereocenters. The van der Waals surface area contributed by atoms with Crippen LogP contribution in [0.5, 0.6) is 5.75 Å². The van der Waals surface area contributed by atoms with Crippen molar-refractivity contribution in [1.82, 2.24) is 26.2 Å². The lowest BCUT2D eigenvalue weighted by Gasteiger charge is -2.42. The largest absolute Gasteiger partial charge is 0.508 e. The van der Waals surface area contributed by atoms with E-state index in [-0.39, 0.29) is 42.9 Å². The van der Waals surface area contributed by atoms with E-state index >= 15 is 0 Å². The van der Waals surface area contributed by atoms with Crippen LogP contribution in [0.3, 0.4) is 0 Å².